The average Bonchev–Trinajstić information content (AvgIpc) is 3.35. The van der Waals surface area contributed by atoms with Crippen molar-refractivity contribution in [2.24, 2.45) is 0 Å². The van der Waals surface area contributed by atoms with Gasteiger partial charge in [0.25, 0.3) is 0 Å². The van der Waals surface area contributed by atoms with Gasteiger partial charge in [-0.25, -0.2) is 4.79 Å². The third-order valence-corrected chi connectivity index (χ3v) is 8.17. The summed E-state index contributed by atoms with van der Waals surface area (Å²) in [7, 11) is 0. The van der Waals surface area contributed by atoms with Gasteiger partial charge >= 0.3 is 6.16 Å². The average molecular weight is 546 g/mol. The maximum Gasteiger partial charge on any atom is 0.512 e. The maximum absolute atomic E-state index is 11.6. The molecule has 0 saturated carbocycles. The Morgan fingerprint density at radius 3 is 2.39 bits per heavy atom. The van der Waals surface area contributed by atoms with Gasteiger partial charge in [-0.05, 0) is 78.7 Å². The first-order valence-electron chi connectivity index (χ1n) is 14.6. The van der Waals surface area contributed by atoms with Gasteiger partial charge in [0.1, 0.15) is 5.75 Å². The van der Waals surface area contributed by atoms with Gasteiger partial charge in [0.05, 0.1) is 12.1 Å². The van der Waals surface area contributed by atoms with Crippen LogP contribution >= 0.6 is 0 Å². The molecule has 0 amide bonds. The van der Waals surface area contributed by atoms with E-state index in [2.05, 4.69) is 72.6 Å². The second-order valence-corrected chi connectivity index (χ2v) is 10.7. The molecule has 2 N–H and O–H groups in total. The Hall–Kier alpha value is -4.51. The van der Waals surface area contributed by atoms with Gasteiger partial charge in [-0.3, -0.25) is 0 Å². The molecule has 0 atom stereocenters. The lowest BCUT2D eigenvalue weighted by atomic mass is 9.83. The van der Waals surface area contributed by atoms with Crippen LogP contribution in [0, 0.1) is 0 Å². The Labute approximate surface area is 240 Å². The number of aryl methyl sites for hydroxylation is 2. The number of H-pyrrole nitrogens is 1. The van der Waals surface area contributed by atoms with Crippen molar-refractivity contribution in [3.8, 4) is 11.6 Å². The molecule has 0 bridgehead atoms. The van der Waals surface area contributed by atoms with E-state index in [1.807, 2.05) is 24.3 Å². The molecule has 4 aromatic carbocycles. The molecule has 0 unspecified atom stereocenters. The van der Waals surface area contributed by atoms with Crippen molar-refractivity contribution < 1.29 is 19.4 Å². The lowest BCUT2D eigenvalue weighted by molar-refractivity contribution is 0.142. The molecule has 1 aliphatic rings. The number of hydrogen-bond acceptors (Lipinski definition) is 3. The fourth-order valence-corrected chi connectivity index (χ4v) is 6.14. The Morgan fingerprint density at radius 2 is 1.59 bits per heavy atom. The van der Waals surface area contributed by atoms with Crippen LogP contribution in [0.1, 0.15) is 61.3 Å². The number of carbonyl (C=O) groups is 1. The predicted octanol–water partition coefficient (Wildman–Crippen LogP) is 9.44. The first kappa shape index (κ1) is 26.7. The normalized spacial score (nSPS) is 13.6. The molecule has 0 aliphatic heterocycles. The van der Waals surface area contributed by atoms with Crippen LogP contribution in [0.15, 0.2) is 84.9 Å². The minimum absolute atomic E-state index is 0.301. The monoisotopic (exact) mass is 545 g/mol. The van der Waals surface area contributed by atoms with Crippen LogP contribution < -0.4 is 9.47 Å². The summed E-state index contributed by atoms with van der Waals surface area (Å²) in [6.07, 6.45) is 5.39. The zero-order chi connectivity index (χ0) is 28.2. The summed E-state index contributed by atoms with van der Waals surface area (Å²) in [5.41, 5.74) is 8.26. The van der Waals surface area contributed by atoms with Crippen molar-refractivity contribution in [2.75, 3.05) is 6.61 Å². The van der Waals surface area contributed by atoms with E-state index in [9.17, 15) is 9.90 Å². The summed E-state index contributed by atoms with van der Waals surface area (Å²) in [6, 6.07) is 29.5. The molecule has 5 aromatic rings. The number of aromatic nitrogens is 1. The molecule has 0 radical (unpaired) electrons. The van der Waals surface area contributed by atoms with Crippen LogP contribution in [-0.4, -0.2) is 22.9 Å². The van der Waals surface area contributed by atoms with E-state index in [0.717, 1.165) is 64.2 Å². The van der Waals surface area contributed by atoms with Crippen LogP contribution in [0.25, 0.3) is 32.8 Å². The van der Waals surface area contributed by atoms with E-state index >= 15 is 0 Å². The minimum Gasteiger partial charge on any atom is -0.493 e. The van der Waals surface area contributed by atoms with E-state index in [1.54, 1.807) is 0 Å². The molecule has 1 aromatic heterocycles. The number of carboxylic acid groups (broad SMARTS) is 1. The number of fused-ring (bicyclic) bond motifs is 2. The molecule has 5 nitrogen and oxygen atoms in total. The molecule has 0 fully saturated rings. The topological polar surface area (TPSA) is 71.6 Å². The minimum atomic E-state index is -1.32. The smallest absolute Gasteiger partial charge is 0.493 e. The molecular formula is C36H35NO4. The van der Waals surface area contributed by atoms with Crippen molar-refractivity contribution in [3.05, 3.63) is 107 Å². The van der Waals surface area contributed by atoms with Crippen molar-refractivity contribution in [1.82, 2.24) is 4.98 Å². The van der Waals surface area contributed by atoms with E-state index < -0.39 is 6.16 Å². The number of nitrogens with one attached hydrogen (secondary N) is 1. The van der Waals surface area contributed by atoms with Crippen LogP contribution in [0.5, 0.6) is 11.6 Å². The van der Waals surface area contributed by atoms with Crippen molar-refractivity contribution in [2.45, 2.75) is 51.9 Å². The van der Waals surface area contributed by atoms with E-state index in [1.165, 1.54) is 28.7 Å². The van der Waals surface area contributed by atoms with Crippen LogP contribution in [0.2, 0.25) is 0 Å². The second kappa shape index (κ2) is 11.9. The highest BCUT2D eigenvalue weighted by Gasteiger charge is 2.22. The second-order valence-electron chi connectivity index (χ2n) is 10.7. The standard InChI is InChI=1S/C36H35NO4/c1-2-24-19-21-26(22-20-24)27-12-5-6-14-29(27)30-15-8-16-31-32(35(37-34(30)31)41-36(38)39)17-9-23-40-33-18-7-11-25-10-3-4-13-28(25)33/h3-4,7-8,10-11,13,15-16,18-22,37H,2,5-6,9,12,14,17,23H2,1H3,(H,38,39). The molecular weight excluding hydrogens is 510 g/mol. The summed E-state index contributed by atoms with van der Waals surface area (Å²) in [4.78, 5) is 15.0. The number of aromatic amines is 1. The van der Waals surface area contributed by atoms with Crippen molar-refractivity contribution >= 4 is 39.0 Å². The molecule has 0 saturated heterocycles. The SMILES string of the molecule is CCc1ccc(C2=C(c3cccc4c(CCCOc5cccc6ccccc56)c(OC(=O)O)[nH]c34)CCCC2)cc1. The molecule has 5 heteroatoms. The van der Waals surface area contributed by atoms with E-state index in [4.69, 9.17) is 9.47 Å². The summed E-state index contributed by atoms with van der Waals surface area (Å²) in [5.74, 6) is 1.16. The molecule has 1 heterocycles. The number of benzene rings is 4. The third-order valence-electron chi connectivity index (χ3n) is 8.17. The summed E-state index contributed by atoms with van der Waals surface area (Å²) in [5, 5.41) is 12.7. The fourth-order valence-electron chi connectivity index (χ4n) is 6.14. The number of para-hydroxylation sites is 1. The quantitative estimate of drug-likeness (QED) is 0.143. The van der Waals surface area contributed by atoms with E-state index in [0.29, 0.717) is 25.3 Å². The summed E-state index contributed by atoms with van der Waals surface area (Å²) in [6.45, 7) is 2.69. The zero-order valence-corrected chi connectivity index (χ0v) is 23.4. The first-order chi connectivity index (χ1) is 20.1. The lowest BCUT2D eigenvalue weighted by Gasteiger charge is -2.22. The largest absolute Gasteiger partial charge is 0.512 e. The maximum atomic E-state index is 11.6. The van der Waals surface area contributed by atoms with Gasteiger partial charge in [-0.2, -0.15) is 0 Å². The Balaban J connectivity index is 1.31. The fraction of sp³-hybridized carbons (Fsp3) is 0.250. The molecule has 0 spiro atoms. The van der Waals surface area contributed by atoms with Gasteiger partial charge in [0, 0.05) is 21.9 Å². The van der Waals surface area contributed by atoms with Crippen LogP contribution in [-0.2, 0) is 12.8 Å². The molecule has 208 valence electrons. The van der Waals surface area contributed by atoms with E-state index in [-0.39, 0.29) is 0 Å². The Kier molecular flexibility index (Phi) is 7.77. The molecule has 1 aliphatic carbocycles. The van der Waals surface area contributed by atoms with Gasteiger partial charge in [0.15, 0.2) is 0 Å². The predicted molar refractivity (Wildman–Crippen MR) is 166 cm³/mol. The number of hydrogen-bond donors (Lipinski definition) is 2. The van der Waals surface area contributed by atoms with Gasteiger partial charge in [-0.15, -0.1) is 0 Å². The number of allylic oxidation sites excluding steroid dienone is 2. The first-order valence-corrected chi connectivity index (χ1v) is 14.6. The van der Waals surface area contributed by atoms with Crippen molar-refractivity contribution in [3.63, 3.8) is 0 Å². The Morgan fingerprint density at radius 1 is 0.854 bits per heavy atom. The Bertz CT molecular complexity index is 1720. The zero-order valence-electron chi connectivity index (χ0n) is 23.4. The summed E-state index contributed by atoms with van der Waals surface area (Å²) < 4.78 is 11.5. The lowest BCUT2D eigenvalue weighted by Crippen LogP contribution is -2.06. The molecule has 41 heavy (non-hydrogen) atoms. The molecule has 6 rings (SSSR count). The highest BCUT2D eigenvalue weighted by Crippen LogP contribution is 2.42. The number of rotatable bonds is 9. The van der Waals surface area contributed by atoms with Crippen molar-refractivity contribution in [1.29, 1.82) is 0 Å². The van der Waals surface area contributed by atoms with Gasteiger partial charge in [-0.1, -0.05) is 85.8 Å². The third kappa shape index (κ3) is 5.58. The highest BCUT2D eigenvalue weighted by molar-refractivity contribution is 6.02. The number of ether oxygens (including phenoxy) is 2. The summed E-state index contributed by atoms with van der Waals surface area (Å²) >= 11 is 0. The van der Waals surface area contributed by atoms with Gasteiger partial charge in [0.2, 0.25) is 5.88 Å². The van der Waals surface area contributed by atoms with Crippen LogP contribution in [0.4, 0.5) is 4.79 Å². The van der Waals surface area contributed by atoms with Crippen LogP contribution in [0.3, 0.4) is 0 Å². The highest BCUT2D eigenvalue weighted by atomic mass is 16.7. The van der Waals surface area contributed by atoms with Gasteiger partial charge < -0.3 is 19.6 Å².